The van der Waals surface area contributed by atoms with Gasteiger partial charge in [0, 0.05) is 6.07 Å². The van der Waals surface area contributed by atoms with Crippen LogP contribution < -0.4 is 4.74 Å². The van der Waals surface area contributed by atoms with Gasteiger partial charge in [-0.3, -0.25) is 0 Å². The Hall–Kier alpha value is -1.71. The van der Waals surface area contributed by atoms with Gasteiger partial charge in [0.2, 0.25) is 0 Å². The summed E-state index contributed by atoms with van der Waals surface area (Å²) in [6.07, 6.45) is 0. The third kappa shape index (κ3) is 2.21. The van der Waals surface area contributed by atoms with E-state index in [1.54, 1.807) is 0 Å². The Bertz CT molecular complexity index is 382. The second-order valence-corrected chi connectivity index (χ2v) is 3.57. The monoisotopic (exact) mass is 210 g/mol. The minimum Gasteiger partial charge on any atom is -0.508 e. The second-order valence-electron chi connectivity index (χ2n) is 3.57. The van der Waals surface area contributed by atoms with Crippen molar-refractivity contribution in [1.82, 2.24) is 0 Å². The SMILES string of the molecule is COc1cc(O)c(C(C)C)cc1C(=O)O. The Morgan fingerprint density at radius 1 is 1.40 bits per heavy atom. The predicted molar refractivity (Wildman–Crippen MR) is 55.7 cm³/mol. The van der Waals surface area contributed by atoms with Crippen LogP contribution in [-0.2, 0) is 0 Å². The number of rotatable bonds is 3. The summed E-state index contributed by atoms with van der Waals surface area (Å²) in [5.41, 5.74) is 0.673. The molecule has 1 aromatic rings. The molecule has 0 spiro atoms. The number of aromatic carboxylic acids is 1. The van der Waals surface area contributed by atoms with Crippen molar-refractivity contribution in [3.8, 4) is 11.5 Å². The number of methoxy groups -OCH3 is 1. The van der Waals surface area contributed by atoms with Crippen LogP contribution in [0.5, 0.6) is 11.5 Å². The fourth-order valence-corrected chi connectivity index (χ4v) is 1.38. The highest BCUT2D eigenvalue weighted by atomic mass is 16.5. The molecule has 0 unspecified atom stereocenters. The lowest BCUT2D eigenvalue weighted by Gasteiger charge is -2.12. The molecule has 0 radical (unpaired) electrons. The maximum atomic E-state index is 10.9. The van der Waals surface area contributed by atoms with E-state index in [2.05, 4.69) is 0 Å². The van der Waals surface area contributed by atoms with Crippen LogP contribution in [0.25, 0.3) is 0 Å². The fourth-order valence-electron chi connectivity index (χ4n) is 1.38. The molecule has 2 N–H and O–H groups in total. The van der Waals surface area contributed by atoms with Crippen molar-refractivity contribution >= 4 is 5.97 Å². The van der Waals surface area contributed by atoms with Gasteiger partial charge < -0.3 is 14.9 Å². The number of ether oxygens (including phenoxy) is 1. The molecular weight excluding hydrogens is 196 g/mol. The first-order valence-electron chi connectivity index (χ1n) is 4.61. The molecule has 15 heavy (non-hydrogen) atoms. The summed E-state index contributed by atoms with van der Waals surface area (Å²) >= 11 is 0. The largest absolute Gasteiger partial charge is 0.508 e. The number of hydrogen-bond acceptors (Lipinski definition) is 3. The quantitative estimate of drug-likeness (QED) is 0.802. The van der Waals surface area contributed by atoms with E-state index in [-0.39, 0.29) is 23.0 Å². The van der Waals surface area contributed by atoms with Crippen LogP contribution in [0.1, 0.15) is 35.7 Å². The maximum Gasteiger partial charge on any atom is 0.339 e. The minimum absolute atomic E-state index is 0.0619. The van der Waals surface area contributed by atoms with Gasteiger partial charge >= 0.3 is 5.97 Å². The molecule has 0 heterocycles. The molecular formula is C11H14O4. The summed E-state index contributed by atoms with van der Waals surface area (Å²) < 4.78 is 4.88. The summed E-state index contributed by atoms with van der Waals surface area (Å²) in [4.78, 5) is 10.9. The van der Waals surface area contributed by atoms with E-state index in [4.69, 9.17) is 9.84 Å². The normalized spacial score (nSPS) is 10.4. The Kier molecular flexibility index (Phi) is 3.19. The lowest BCUT2D eigenvalue weighted by Crippen LogP contribution is -2.02. The van der Waals surface area contributed by atoms with Crippen molar-refractivity contribution in [3.63, 3.8) is 0 Å². The Morgan fingerprint density at radius 3 is 2.40 bits per heavy atom. The standard InChI is InChI=1S/C11H14O4/c1-6(2)7-4-8(11(13)14)10(15-3)5-9(7)12/h4-6,12H,1-3H3,(H,13,14). The minimum atomic E-state index is -1.06. The molecule has 0 atom stereocenters. The van der Waals surface area contributed by atoms with Gasteiger partial charge in [-0.1, -0.05) is 13.8 Å². The van der Waals surface area contributed by atoms with Crippen molar-refractivity contribution in [2.24, 2.45) is 0 Å². The highest BCUT2D eigenvalue weighted by molar-refractivity contribution is 5.91. The molecule has 0 aromatic heterocycles. The molecule has 0 saturated carbocycles. The zero-order valence-corrected chi connectivity index (χ0v) is 8.94. The number of carboxylic acid groups (broad SMARTS) is 1. The first kappa shape index (κ1) is 11.4. The highest BCUT2D eigenvalue weighted by Gasteiger charge is 2.16. The molecule has 0 aliphatic heterocycles. The average molecular weight is 210 g/mol. The van der Waals surface area contributed by atoms with Crippen LogP contribution in [0.2, 0.25) is 0 Å². The predicted octanol–water partition coefficient (Wildman–Crippen LogP) is 2.22. The summed E-state index contributed by atoms with van der Waals surface area (Å²) in [6, 6.07) is 2.78. The lowest BCUT2D eigenvalue weighted by molar-refractivity contribution is 0.0693. The Labute approximate surface area is 88.1 Å². The van der Waals surface area contributed by atoms with E-state index in [9.17, 15) is 9.90 Å². The molecule has 0 aliphatic carbocycles. The van der Waals surface area contributed by atoms with E-state index < -0.39 is 5.97 Å². The Morgan fingerprint density at radius 2 is 2.00 bits per heavy atom. The molecule has 82 valence electrons. The smallest absolute Gasteiger partial charge is 0.339 e. The van der Waals surface area contributed by atoms with E-state index in [0.29, 0.717) is 5.56 Å². The number of phenols is 1. The van der Waals surface area contributed by atoms with Crippen LogP contribution in [0.15, 0.2) is 12.1 Å². The van der Waals surface area contributed by atoms with Crippen molar-refractivity contribution in [2.75, 3.05) is 7.11 Å². The zero-order valence-electron chi connectivity index (χ0n) is 8.94. The lowest BCUT2D eigenvalue weighted by atomic mass is 9.99. The van der Waals surface area contributed by atoms with Gasteiger partial charge in [-0.2, -0.15) is 0 Å². The molecule has 1 rings (SSSR count). The summed E-state index contributed by atoms with van der Waals surface area (Å²) in [5, 5.41) is 18.6. The number of hydrogen-bond donors (Lipinski definition) is 2. The average Bonchev–Trinajstić information content (AvgIpc) is 2.16. The van der Waals surface area contributed by atoms with Crippen molar-refractivity contribution in [1.29, 1.82) is 0 Å². The van der Waals surface area contributed by atoms with Gasteiger partial charge in [0.25, 0.3) is 0 Å². The third-order valence-electron chi connectivity index (χ3n) is 2.20. The van der Waals surface area contributed by atoms with Crippen LogP contribution in [0, 0.1) is 0 Å². The molecule has 0 bridgehead atoms. The molecule has 1 aromatic carbocycles. The van der Waals surface area contributed by atoms with Crippen LogP contribution in [-0.4, -0.2) is 23.3 Å². The maximum absolute atomic E-state index is 10.9. The van der Waals surface area contributed by atoms with Crippen LogP contribution in [0.4, 0.5) is 0 Å². The molecule has 0 amide bonds. The van der Waals surface area contributed by atoms with Crippen molar-refractivity contribution < 1.29 is 19.7 Å². The van der Waals surface area contributed by atoms with E-state index in [0.717, 1.165) is 0 Å². The number of benzene rings is 1. The van der Waals surface area contributed by atoms with E-state index >= 15 is 0 Å². The number of phenolic OH excluding ortho intramolecular Hbond substituents is 1. The Balaban J connectivity index is 3.37. The number of carbonyl (C=O) groups is 1. The second kappa shape index (κ2) is 4.21. The third-order valence-corrected chi connectivity index (χ3v) is 2.20. The van der Waals surface area contributed by atoms with Crippen molar-refractivity contribution in [3.05, 3.63) is 23.3 Å². The topological polar surface area (TPSA) is 66.8 Å². The molecule has 4 nitrogen and oxygen atoms in total. The van der Waals surface area contributed by atoms with Gasteiger partial charge in [-0.15, -0.1) is 0 Å². The molecule has 0 fully saturated rings. The van der Waals surface area contributed by atoms with Gasteiger partial charge in [0.15, 0.2) is 0 Å². The summed E-state index contributed by atoms with van der Waals surface area (Å²) in [6.45, 7) is 3.76. The van der Waals surface area contributed by atoms with Crippen LogP contribution in [0.3, 0.4) is 0 Å². The zero-order chi connectivity index (χ0) is 11.6. The van der Waals surface area contributed by atoms with Gasteiger partial charge in [0.1, 0.15) is 17.1 Å². The van der Waals surface area contributed by atoms with Gasteiger partial charge in [0.05, 0.1) is 7.11 Å². The first-order chi connectivity index (χ1) is 6.97. The van der Waals surface area contributed by atoms with Gasteiger partial charge in [-0.05, 0) is 17.5 Å². The summed E-state index contributed by atoms with van der Waals surface area (Å²) in [5.74, 6) is -0.765. The van der Waals surface area contributed by atoms with Crippen LogP contribution >= 0.6 is 0 Å². The number of carboxylic acids is 1. The van der Waals surface area contributed by atoms with E-state index in [1.165, 1.54) is 19.2 Å². The highest BCUT2D eigenvalue weighted by Crippen LogP contribution is 2.32. The molecule has 4 heteroatoms. The first-order valence-corrected chi connectivity index (χ1v) is 4.61. The van der Waals surface area contributed by atoms with E-state index in [1.807, 2.05) is 13.8 Å². The van der Waals surface area contributed by atoms with Crippen molar-refractivity contribution in [2.45, 2.75) is 19.8 Å². The number of aromatic hydroxyl groups is 1. The fraction of sp³-hybridized carbons (Fsp3) is 0.364. The van der Waals surface area contributed by atoms with Gasteiger partial charge in [-0.25, -0.2) is 4.79 Å². The molecule has 0 saturated heterocycles. The molecule has 0 aliphatic rings. The summed E-state index contributed by atoms with van der Waals surface area (Å²) in [7, 11) is 1.37.